The Bertz CT molecular complexity index is 333. The number of thiophene rings is 1. The lowest BCUT2D eigenvalue weighted by Crippen LogP contribution is -2.34. The first-order valence-electron chi connectivity index (χ1n) is 6.59. The van der Waals surface area contributed by atoms with Crippen LogP contribution in [0.15, 0.2) is 16.8 Å². The van der Waals surface area contributed by atoms with Crippen molar-refractivity contribution >= 4 is 11.3 Å². The lowest BCUT2D eigenvalue weighted by atomic mass is 9.82. The Balaban J connectivity index is 1.52. The van der Waals surface area contributed by atoms with Gasteiger partial charge in [-0.2, -0.15) is 11.3 Å². The van der Waals surface area contributed by atoms with E-state index in [0.717, 1.165) is 17.8 Å². The quantitative estimate of drug-likeness (QED) is 0.850. The first-order valence-corrected chi connectivity index (χ1v) is 7.54. The molecule has 3 rings (SSSR count). The van der Waals surface area contributed by atoms with Gasteiger partial charge in [-0.1, -0.05) is 6.42 Å². The van der Waals surface area contributed by atoms with Gasteiger partial charge in [0.05, 0.1) is 0 Å². The molecule has 0 aliphatic heterocycles. The standard InChI is InChI=1S/C14H21NS/c15-14(4-2-10-5-6-16-9-10)13-8-11-1-3-12(13)7-11/h5-6,9,11-14H,1-4,7-8,15H2. The molecule has 2 aliphatic rings. The summed E-state index contributed by atoms with van der Waals surface area (Å²) in [6.45, 7) is 0. The highest BCUT2D eigenvalue weighted by Gasteiger charge is 2.41. The van der Waals surface area contributed by atoms with E-state index in [2.05, 4.69) is 16.8 Å². The van der Waals surface area contributed by atoms with Gasteiger partial charge in [0, 0.05) is 6.04 Å². The van der Waals surface area contributed by atoms with Crippen LogP contribution in [-0.4, -0.2) is 6.04 Å². The summed E-state index contributed by atoms with van der Waals surface area (Å²) < 4.78 is 0. The second-order valence-corrected chi connectivity index (χ2v) is 6.45. The fourth-order valence-electron chi connectivity index (χ4n) is 3.80. The number of hydrogen-bond acceptors (Lipinski definition) is 2. The van der Waals surface area contributed by atoms with Crippen LogP contribution in [0.1, 0.15) is 37.7 Å². The minimum atomic E-state index is 0.454. The summed E-state index contributed by atoms with van der Waals surface area (Å²) in [6, 6.07) is 2.69. The van der Waals surface area contributed by atoms with E-state index in [1.54, 1.807) is 11.3 Å². The van der Waals surface area contributed by atoms with Crippen molar-refractivity contribution < 1.29 is 0 Å². The molecule has 0 radical (unpaired) electrons. The van der Waals surface area contributed by atoms with Gasteiger partial charge in [-0.3, -0.25) is 0 Å². The van der Waals surface area contributed by atoms with Crippen molar-refractivity contribution in [2.24, 2.45) is 23.5 Å². The van der Waals surface area contributed by atoms with Gasteiger partial charge in [0.2, 0.25) is 0 Å². The molecule has 0 spiro atoms. The molecule has 2 heteroatoms. The van der Waals surface area contributed by atoms with Crippen LogP contribution in [0.3, 0.4) is 0 Å². The number of hydrogen-bond donors (Lipinski definition) is 1. The van der Waals surface area contributed by atoms with Crippen molar-refractivity contribution in [1.82, 2.24) is 0 Å². The van der Waals surface area contributed by atoms with Crippen molar-refractivity contribution in [3.63, 3.8) is 0 Å². The highest BCUT2D eigenvalue weighted by atomic mass is 32.1. The van der Waals surface area contributed by atoms with Crippen LogP contribution >= 0.6 is 11.3 Å². The van der Waals surface area contributed by atoms with E-state index in [1.807, 2.05) is 0 Å². The van der Waals surface area contributed by atoms with Gasteiger partial charge in [-0.15, -0.1) is 0 Å². The number of rotatable bonds is 4. The molecule has 4 unspecified atom stereocenters. The Labute approximate surface area is 102 Å². The van der Waals surface area contributed by atoms with Crippen molar-refractivity contribution in [1.29, 1.82) is 0 Å². The number of nitrogens with two attached hydrogens (primary N) is 1. The lowest BCUT2D eigenvalue weighted by molar-refractivity contribution is 0.273. The maximum absolute atomic E-state index is 6.39. The Kier molecular flexibility index (Phi) is 3.03. The molecule has 2 bridgehead atoms. The van der Waals surface area contributed by atoms with Gasteiger partial charge < -0.3 is 5.73 Å². The highest BCUT2D eigenvalue weighted by Crippen LogP contribution is 2.49. The van der Waals surface area contributed by atoms with Crippen LogP contribution in [-0.2, 0) is 6.42 Å². The predicted molar refractivity (Wildman–Crippen MR) is 69.6 cm³/mol. The molecule has 1 nitrogen and oxygen atoms in total. The van der Waals surface area contributed by atoms with E-state index < -0.39 is 0 Å². The molecule has 2 saturated carbocycles. The van der Waals surface area contributed by atoms with Crippen LogP contribution in [0.5, 0.6) is 0 Å². The van der Waals surface area contributed by atoms with Crippen molar-refractivity contribution in [2.75, 3.05) is 0 Å². The monoisotopic (exact) mass is 235 g/mol. The summed E-state index contributed by atoms with van der Waals surface area (Å²) in [5.41, 5.74) is 7.86. The van der Waals surface area contributed by atoms with E-state index in [4.69, 9.17) is 5.73 Å². The highest BCUT2D eigenvalue weighted by molar-refractivity contribution is 7.07. The Morgan fingerprint density at radius 3 is 2.94 bits per heavy atom. The molecular weight excluding hydrogens is 214 g/mol. The third kappa shape index (κ3) is 2.05. The van der Waals surface area contributed by atoms with Crippen molar-refractivity contribution in [3.05, 3.63) is 22.4 Å². The molecule has 1 heterocycles. The third-order valence-corrected chi connectivity index (χ3v) is 5.42. The first-order chi connectivity index (χ1) is 7.83. The summed E-state index contributed by atoms with van der Waals surface area (Å²) in [4.78, 5) is 0. The zero-order valence-corrected chi connectivity index (χ0v) is 10.6. The molecule has 2 N–H and O–H groups in total. The SMILES string of the molecule is NC(CCc1ccsc1)C1CC2CCC1C2. The minimum absolute atomic E-state index is 0.454. The Morgan fingerprint density at radius 2 is 2.31 bits per heavy atom. The van der Waals surface area contributed by atoms with Crippen LogP contribution in [0.2, 0.25) is 0 Å². The average Bonchev–Trinajstić information content (AvgIpc) is 3.01. The molecule has 4 atom stereocenters. The molecule has 2 aliphatic carbocycles. The van der Waals surface area contributed by atoms with E-state index in [0.29, 0.717) is 6.04 Å². The van der Waals surface area contributed by atoms with Crippen LogP contribution in [0.25, 0.3) is 0 Å². The number of fused-ring (bicyclic) bond motifs is 2. The van der Waals surface area contributed by atoms with Gasteiger partial charge in [0.15, 0.2) is 0 Å². The molecule has 1 aromatic heterocycles. The number of aryl methyl sites for hydroxylation is 1. The predicted octanol–water partition coefficient (Wildman–Crippen LogP) is 3.44. The molecule has 88 valence electrons. The van der Waals surface area contributed by atoms with Gasteiger partial charge in [0.25, 0.3) is 0 Å². The summed E-state index contributed by atoms with van der Waals surface area (Å²) >= 11 is 1.79. The van der Waals surface area contributed by atoms with Gasteiger partial charge >= 0.3 is 0 Å². The minimum Gasteiger partial charge on any atom is -0.327 e. The Hall–Kier alpha value is -0.340. The largest absolute Gasteiger partial charge is 0.327 e. The summed E-state index contributed by atoms with van der Waals surface area (Å²) in [6.07, 6.45) is 8.22. The zero-order chi connectivity index (χ0) is 11.0. The zero-order valence-electron chi connectivity index (χ0n) is 9.77. The summed E-state index contributed by atoms with van der Waals surface area (Å²) in [5, 5.41) is 4.42. The molecule has 0 amide bonds. The second kappa shape index (κ2) is 4.50. The van der Waals surface area contributed by atoms with Crippen LogP contribution in [0, 0.1) is 17.8 Å². The summed E-state index contributed by atoms with van der Waals surface area (Å²) in [5.74, 6) is 2.85. The molecule has 0 aromatic carbocycles. The molecule has 16 heavy (non-hydrogen) atoms. The van der Waals surface area contributed by atoms with Gasteiger partial charge in [-0.05, 0) is 72.2 Å². The maximum atomic E-state index is 6.39. The second-order valence-electron chi connectivity index (χ2n) is 5.67. The van der Waals surface area contributed by atoms with Gasteiger partial charge in [0.1, 0.15) is 0 Å². The van der Waals surface area contributed by atoms with E-state index in [9.17, 15) is 0 Å². The van der Waals surface area contributed by atoms with Crippen molar-refractivity contribution in [3.8, 4) is 0 Å². The Morgan fingerprint density at radius 1 is 1.38 bits per heavy atom. The third-order valence-electron chi connectivity index (χ3n) is 4.69. The summed E-state index contributed by atoms with van der Waals surface area (Å²) in [7, 11) is 0. The van der Waals surface area contributed by atoms with Gasteiger partial charge in [-0.25, -0.2) is 0 Å². The molecule has 2 fully saturated rings. The first kappa shape index (κ1) is 10.8. The van der Waals surface area contributed by atoms with Crippen molar-refractivity contribution in [2.45, 2.75) is 44.6 Å². The lowest BCUT2D eigenvalue weighted by Gasteiger charge is -2.27. The topological polar surface area (TPSA) is 26.0 Å². The fraction of sp³-hybridized carbons (Fsp3) is 0.714. The van der Waals surface area contributed by atoms with E-state index >= 15 is 0 Å². The van der Waals surface area contributed by atoms with Crippen LogP contribution in [0.4, 0.5) is 0 Å². The normalized spacial score (nSPS) is 34.4. The molecule has 0 saturated heterocycles. The molecule has 1 aromatic rings. The average molecular weight is 235 g/mol. The van der Waals surface area contributed by atoms with E-state index in [1.165, 1.54) is 44.1 Å². The smallest absolute Gasteiger partial charge is 0.00730 e. The van der Waals surface area contributed by atoms with Crippen LogP contribution < -0.4 is 5.73 Å². The molecular formula is C14H21NS. The maximum Gasteiger partial charge on any atom is 0.00730 e. The van der Waals surface area contributed by atoms with E-state index in [-0.39, 0.29) is 0 Å². The fourth-order valence-corrected chi connectivity index (χ4v) is 4.50.